The number of pyridine rings is 1. The molecule has 0 atom stereocenters. The van der Waals surface area contributed by atoms with E-state index in [1.807, 2.05) is 0 Å². The number of aromatic nitrogens is 1. The van der Waals surface area contributed by atoms with E-state index in [0.717, 1.165) is 0 Å². The number of hydrogen-bond acceptors (Lipinski definition) is 4. The molecule has 17 heavy (non-hydrogen) atoms. The number of alkyl halides is 5. The largest absolute Gasteiger partial charge is 0.573 e. The maximum Gasteiger partial charge on any atom is 0.573 e. The second kappa shape index (κ2) is 4.40. The molecule has 0 saturated carbocycles. The fourth-order valence-corrected chi connectivity index (χ4v) is 1.03. The van der Waals surface area contributed by atoms with Crippen LogP contribution in [0, 0.1) is 11.3 Å². The van der Waals surface area contributed by atoms with Crippen molar-refractivity contribution in [1.29, 1.82) is 5.26 Å². The average Bonchev–Trinajstić information content (AvgIpc) is 2.17. The van der Waals surface area contributed by atoms with Crippen molar-refractivity contribution in [1.82, 2.24) is 4.98 Å². The Hall–Kier alpha value is -2.11. The first-order valence-corrected chi connectivity index (χ1v) is 3.99. The molecule has 4 nitrogen and oxygen atoms in total. The first kappa shape index (κ1) is 13.0. The van der Waals surface area contributed by atoms with Crippen LogP contribution in [0.2, 0.25) is 0 Å². The van der Waals surface area contributed by atoms with Gasteiger partial charge in [0.2, 0.25) is 0 Å². The van der Waals surface area contributed by atoms with Crippen molar-refractivity contribution in [2.24, 2.45) is 0 Å². The lowest BCUT2D eigenvalue weighted by molar-refractivity contribution is -0.275. The Morgan fingerprint density at radius 1 is 1.41 bits per heavy atom. The van der Waals surface area contributed by atoms with E-state index in [0.29, 0.717) is 6.07 Å². The highest BCUT2D eigenvalue weighted by Crippen LogP contribution is 2.35. The molecule has 1 aromatic rings. The SMILES string of the molecule is N#Cc1cc(N)nc(C(F)F)c1OC(F)(F)F. The third kappa shape index (κ3) is 3.17. The van der Waals surface area contributed by atoms with E-state index < -0.39 is 35.6 Å². The third-order valence-electron chi connectivity index (χ3n) is 1.56. The summed E-state index contributed by atoms with van der Waals surface area (Å²) in [6.45, 7) is 0. The second-order valence-corrected chi connectivity index (χ2v) is 2.77. The van der Waals surface area contributed by atoms with E-state index in [1.165, 1.54) is 6.07 Å². The summed E-state index contributed by atoms with van der Waals surface area (Å²) in [5, 5.41) is 8.52. The van der Waals surface area contributed by atoms with Crippen molar-refractivity contribution >= 4 is 5.82 Å². The van der Waals surface area contributed by atoms with Crippen LogP contribution >= 0.6 is 0 Å². The lowest BCUT2D eigenvalue weighted by Crippen LogP contribution is -2.20. The standard InChI is InChI=1S/C8H4F5N3O/c9-7(10)5-6(17-8(11,12)13)3(2-14)1-4(15)16-5/h1,7H,(H2,15,16). The molecule has 0 amide bonds. The predicted octanol–water partition coefficient (Wildman–Crippen LogP) is 2.37. The molecule has 0 aliphatic heterocycles. The Morgan fingerprint density at radius 2 is 2.00 bits per heavy atom. The fourth-order valence-electron chi connectivity index (χ4n) is 1.03. The topological polar surface area (TPSA) is 71.9 Å². The van der Waals surface area contributed by atoms with E-state index in [4.69, 9.17) is 11.0 Å². The molecule has 1 heterocycles. The van der Waals surface area contributed by atoms with Crippen molar-refractivity contribution in [2.75, 3.05) is 5.73 Å². The molecule has 0 unspecified atom stereocenters. The summed E-state index contributed by atoms with van der Waals surface area (Å²) >= 11 is 0. The van der Waals surface area contributed by atoms with Gasteiger partial charge in [0.15, 0.2) is 11.4 Å². The van der Waals surface area contributed by atoms with E-state index in [2.05, 4.69) is 9.72 Å². The number of halogens is 5. The Labute approximate surface area is 91.4 Å². The predicted molar refractivity (Wildman–Crippen MR) is 45.0 cm³/mol. The zero-order valence-corrected chi connectivity index (χ0v) is 7.92. The van der Waals surface area contributed by atoms with Crippen LogP contribution in [0.1, 0.15) is 17.7 Å². The van der Waals surface area contributed by atoms with Crippen LogP contribution in [0.5, 0.6) is 5.75 Å². The minimum Gasteiger partial charge on any atom is -0.402 e. The van der Waals surface area contributed by atoms with E-state index in [1.54, 1.807) is 0 Å². The van der Waals surface area contributed by atoms with Gasteiger partial charge in [-0.05, 0) is 0 Å². The molecule has 0 spiro atoms. The van der Waals surface area contributed by atoms with Gasteiger partial charge >= 0.3 is 6.36 Å². The zero-order valence-electron chi connectivity index (χ0n) is 7.92. The van der Waals surface area contributed by atoms with Gasteiger partial charge in [-0.25, -0.2) is 13.8 Å². The smallest absolute Gasteiger partial charge is 0.402 e. The summed E-state index contributed by atoms with van der Waals surface area (Å²) in [5.41, 5.74) is 2.99. The van der Waals surface area contributed by atoms with Crippen molar-refractivity contribution in [3.63, 3.8) is 0 Å². The van der Waals surface area contributed by atoms with Crippen LogP contribution in [-0.2, 0) is 0 Å². The number of nitrogen functional groups attached to an aromatic ring is 1. The molecule has 2 N–H and O–H groups in total. The summed E-state index contributed by atoms with van der Waals surface area (Å²) in [7, 11) is 0. The van der Waals surface area contributed by atoms with Gasteiger partial charge in [-0.3, -0.25) is 0 Å². The summed E-state index contributed by atoms with van der Waals surface area (Å²) in [6.07, 6.45) is -8.55. The van der Waals surface area contributed by atoms with Gasteiger partial charge in [-0.1, -0.05) is 0 Å². The van der Waals surface area contributed by atoms with Gasteiger partial charge in [0.25, 0.3) is 6.43 Å². The van der Waals surface area contributed by atoms with Crippen LogP contribution in [-0.4, -0.2) is 11.3 Å². The molecule has 0 aromatic carbocycles. The molecular weight excluding hydrogens is 249 g/mol. The van der Waals surface area contributed by atoms with Crippen LogP contribution < -0.4 is 10.5 Å². The van der Waals surface area contributed by atoms with Gasteiger partial charge in [-0.15, -0.1) is 13.2 Å². The van der Waals surface area contributed by atoms with Gasteiger partial charge < -0.3 is 10.5 Å². The number of anilines is 1. The second-order valence-electron chi connectivity index (χ2n) is 2.77. The molecule has 1 aromatic heterocycles. The maximum absolute atomic E-state index is 12.4. The minimum absolute atomic E-state index is 0.494. The molecule has 9 heteroatoms. The van der Waals surface area contributed by atoms with E-state index >= 15 is 0 Å². The summed E-state index contributed by atoms with van der Waals surface area (Å²) in [6, 6.07) is 1.99. The molecule has 0 aliphatic carbocycles. The van der Waals surface area contributed by atoms with Crippen molar-refractivity contribution in [2.45, 2.75) is 12.8 Å². The van der Waals surface area contributed by atoms with Gasteiger partial charge in [0.1, 0.15) is 17.5 Å². The van der Waals surface area contributed by atoms with Crippen molar-refractivity contribution < 1.29 is 26.7 Å². The van der Waals surface area contributed by atoms with Crippen LogP contribution in [0.4, 0.5) is 27.8 Å². The highest BCUT2D eigenvalue weighted by atomic mass is 19.4. The number of nitriles is 1. The van der Waals surface area contributed by atoms with Crippen LogP contribution in [0.25, 0.3) is 0 Å². The fraction of sp³-hybridized carbons (Fsp3) is 0.250. The summed E-state index contributed by atoms with van der Waals surface area (Å²) in [4.78, 5) is 3.02. The average molecular weight is 253 g/mol. The van der Waals surface area contributed by atoms with E-state index in [9.17, 15) is 22.0 Å². The molecule has 0 bridgehead atoms. The zero-order chi connectivity index (χ0) is 13.2. The summed E-state index contributed by atoms with van der Waals surface area (Å²) in [5.74, 6) is -1.82. The Bertz CT molecular complexity index is 465. The number of ether oxygens (including phenoxy) is 1. The van der Waals surface area contributed by atoms with Crippen molar-refractivity contribution in [3.05, 3.63) is 17.3 Å². The normalized spacial score (nSPS) is 11.4. The molecule has 0 fully saturated rings. The van der Waals surface area contributed by atoms with Gasteiger partial charge in [-0.2, -0.15) is 5.26 Å². The lowest BCUT2D eigenvalue weighted by atomic mass is 10.2. The Balaban J connectivity index is 3.38. The molecule has 0 aliphatic rings. The quantitative estimate of drug-likeness (QED) is 0.821. The van der Waals surface area contributed by atoms with Crippen molar-refractivity contribution in [3.8, 4) is 11.8 Å². The molecule has 1 rings (SSSR count). The summed E-state index contributed by atoms with van der Waals surface area (Å²) < 4.78 is 64.1. The molecule has 0 radical (unpaired) electrons. The first-order chi connectivity index (χ1) is 7.74. The molecule has 0 saturated heterocycles. The Kier molecular flexibility index (Phi) is 3.36. The van der Waals surface area contributed by atoms with Crippen LogP contribution in [0.15, 0.2) is 6.07 Å². The van der Waals surface area contributed by atoms with Gasteiger partial charge in [0, 0.05) is 6.07 Å². The monoisotopic (exact) mass is 253 g/mol. The van der Waals surface area contributed by atoms with E-state index in [-0.39, 0.29) is 0 Å². The number of nitrogens with two attached hydrogens (primary N) is 1. The number of nitrogens with zero attached hydrogens (tertiary/aromatic N) is 2. The van der Waals surface area contributed by atoms with Gasteiger partial charge in [0.05, 0.1) is 0 Å². The third-order valence-corrected chi connectivity index (χ3v) is 1.56. The lowest BCUT2D eigenvalue weighted by Gasteiger charge is -2.13. The molecule has 92 valence electrons. The first-order valence-electron chi connectivity index (χ1n) is 3.99. The highest BCUT2D eigenvalue weighted by Gasteiger charge is 2.35. The highest BCUT2D eigenvalue weighted by molar-refractivity contribution is 5.52. The number of hydrogen-bond donors (Lipinski definition) is 1. The molecular formula is C8H4F5N3O. The minimum atomic E-state index is -5.20. The van der Waals surface area contributed by atoms with Crippen LogP contribution in [0.3, 0.4) is 0 Å². The number of rotatable bonds is 2. The maximum atomic E-state index is 12.4. The Morgan fingerprint density at radius 3 is 2.41 bits per heavy atom.